The van der Waals surface area contributed by atoms with Crippen LogP contribution in [0.25, 0.3) is 0 Å². The van der Waals surface area contributed by atoms with Crippen LogP contribution in [0.4, 0.5) is 5.69 Å². The Labute approximate surface area is 186 Å². The second-order valence-electron chi connectivity index (χ2n) is 6.93. The van der Waals surface area contributed by atoms with Crippen LogP contribution in [0.2, 0.25) is 0 Å². The maximum Gasteiger partial charge on any atom is 0.262 e. The number of aliphatic imine (C=N–C) groups is 1. The highest BCUT2D eigenvalue weighted by molar-refractivity contribution is 8.15. The van der Waals surface area contributed by atoms with Crippen LogP contribution in [-0.2, 0) is 14.4 Å². The van der Waals surface area contributed by atoms with Crippen LogP contribution in [0.3, 0.4) is 0 Å². The van der Waals surface area contributed by atoms with E-state index in [1.54, 1.807) is 32.0 Å². The van der Waals surface area contributed by atoms with E-state index in [9.17, 15) is 19.2 Å². The molecule has 1 aromatic rings. The number of amides is 4. The molecule has 1 aliphatic heterocycles. The van der Waals surface area contributed by atoms with Crippen molar-refractivity contribution in [3.8, 4) is 0 Å². The summed E-state index contributed by atoms with van der Waals surface area (Å²) in [5.74, 6) is -1.34. The Hall–Kier alpha value is -2.88. The van der Waals surface area contributed by atoms with Gasteiger partial charge in [0.2, 0.25) is 11.8 Å². The van der Waals surface area contributed by atoms with Crippen molar-refractivity contribution >= 4 is 46.2 Å². The zero-order valence-corrected chi connectivity index (χ0v) is 19.0. The first-order chi connectivity index (χ1) is 14.8. The summed E-state index contributed by atoms with van der Waals surface area (Å²) >= 11 is 1.30. The fourth-order valence-corrected chi connectivity index (χ4v) is 4.12. The molecule has 3 N–H and O–H groups in total. The van der Waals surface area contributed by atoms with Gasteiger partial charge in [0.15, 0.2) is 5.17 Å². The highest BCUT2D eigenvalue weighted by Crippen LogP contribution is 2.27. The average Bonchev–Trinajstić information content (AvgIpc) is 3.09. The topological polar surface area (TPSA) is 120 Å². The number of amidine groups is 1. The summed E-state index contributed by atoms with van der Waals surface area (Å²) < 4.78 is 0. The standard InChI is InChI=1S/C21H29N5O4S/c1-5-22-18(28)13(4)23-19(29)14-9-8-10-15(11-14)24-17(27)12-16-20(30)25-21(31-16)26(6-2)7-3/h8-11,13,16H,5-7,12H2,1-4H3,(H,22,28)(H,23,29)(H,24,27)/t13-,16+/m1/s1. The van der Waals surface area contributed by atoms with Crippen molar-refractivity contribution in [2.45, 2.75) is 45.4 Å². The van der Waals surface area contributed by atoms with E-state index in [4.69, 9.17) is 0 Å². The van der Waals surface area contributed by atoms with E-state index >= 15 is 0 Å². The Bertz CT molecular complexity index is 869. The summed E-state index contributed by atoms with van der Waals surface area (Å²) in [7, 11) is 0. The Morgan fingerprint density at radius 2 is 1.90 bits per heavy atom. The molecule has 1 heterocycles. The van der Waals surface area contributed by atoms with Crippen molar-refractivity contribution in [2.24, 2.45) is 4.99 Å². The van der Waals surface area contributed by atoms with E-state index in [0.29, 0.717) is 23.0 Å². The van der Waals surface area contributed by atoms with Crippen LogP contribution < -0.4 is 16.0 Å². The van der Waals surface area contributed by atoms with Gasteiger partial charge in [-0.3, -0.25) is 19.2 Å². The lowest BCUT2D eigenvalue weighted by Crippen LogP contribution is -2.44. The highest BCUT2D eigenvalue weighted by atomic mass is 32.2. The maximum atomic E-state index is 12.5. The van der Waals surface area contributed by atoms with E-state index in [1.165, 1.54) is 17.8 Å². The van der Waals surface area contributed by atoms with Crippen LogP contribution in [0.15, 0.2) is 29.3 Å². The van der Waals surface area contributed by atoms with Gasteiger partial charge in [0.1, 0.15) is 11.3 Å². The monoisotopic (exact) mass is 447 g/mol. The summed E-state index contributed by atoms with van der Waals surface area (Å²) in [6.07, 6.45) is -0.0115. The van der Waals surface area contributed by atoms with Gasteiger partial charge >= 0.3 is 0 Å². The number of thioether (sulfide) groups is 1. The number of nitrogens with zero attached hydrogens (tertiary/aromatic N) is 2. The molecule has 0 unspecified atom stereocenters. The molecule has 0 aromatic heterocycles. The maximum absolute atomic E-state index is 12.5. The van der Waals surface area contributed by atoms with E-state index in [1.807, 2.05) is 18.7 Å². The number of likely N-dealkylation sites (N-methyl/N-ethyl adjacent to an activating group) is 1. The van der Waals surface area contributed by atoms with Crippen molar-refractivity contribution < 1.29 is 19.2 Å². The van der Waals surface area contributed by atoms with Crippen LogP contribution in [0, 0.1) is 0 Å². The molecule has 168 valence electrons. The van der Waals surface area contributed by atoms with E-state index in [0.717, 1.165) is 13.1 Å². The molecule has 0 saturated heterocycles. The Balaban J connectivity index is 1.94. The SMILES string of the molecule is CCNC(=O)[C@@H](C)NC(=O)c1cccc(NC(=O)C[C@@H]2SC(N(CC)CC)=NC2=O)c1. The fraction of sp³-hybridized carbons (Fsp3) is 0.476. The lowest BCUT2D eigenvalue weighted by atomic mass is 10.1. The number of hydrogen-bond acceptors (Lipinski definition) is 6. The van der Waals surface area contributed by atoms with Gasteiger partial charge in [-0.15, -0.1) is 0 Å². The predicted octanol–water partition coefficient (Wildman–Crippen LogP) is 1.61. The molecule has 2 atom stereocenters. The second-order valence-corrected chi connectivity index (χ2v) is 8.10. The fourth-order valence-electron chi connectivity index (χ4n) is 2.93. The first-order valence-corrected chi connectivity index (χ1v) is 11.2. The first kappa shape index (κ1) is 24.4. The van der Waals surface area contributed by atoms with E-state index in [2.05, 4.69) is 20.9 Å². The average molecular weight is 448 g/mol. The predicted molar refractivity (Wildman–Crippen MR) is 122 cm³/mol. The van der Waals surface area contributed by atoms with Gasteiger partial charge in [0.25, 0.3) is 11.8 Å². The zero-order chi connectivity index (χ0) is 23.0. The number of rotatable bonds is 9. The Morgan fingerprint density at radius 1 is 1.19 bits per heavy atom. The summed E-state index contributed by atoms with van der Waals surface area (Å²) in [5, 5.41) is 8.08. The van der Waals surface area contributed by atoms with Crippen molar-refractivity contribution in [3.05, 3.63) is 29.8 Å². The van der Waals surface area contributed by atoms with Crippen molar-refractivity contribution in [1.82, 2.24) is 15.5 Å². The molecule has 0 bridgehead atoms. The minimum absolute atomic E-state index is 0.0115. The van der Waals surface area contributed by atoms with Crippen LogP contribution in [-0.4, -0.2) is 64.6 Å². The third-order valence-corrected chi connectivity index (χ3v) is 5.85. The first-order valence-electron chi connectivity index (χ1n) is 10.3. The third kappa shape index (κ3) is 6.81. The lowest BCUT2D eigenvalue weighted by molar-refractivity contribution is -0.122. The van der Waals surface area contributed by atoms with Crippen LogP contribution in [0.1, 0.15) is 44.5 Å². The summed E-state index contributed by atoms with van der Waals surface area (Å²) in [4.78, 5) is 54.9. The molecule has 0 fully saturated rings. The number of benzene rings is 1. The number of carbonyl (C=O) groups is 4. The van der Waals surface area contributed by atoms with Gasteiger partial charge in [0.05, 0.1) is 0 Å². The molecule has 0 radical (unpaired) electrons. The molecule has 31 heavy (non-hydrogen) atoms. The van der Waals surface area contributed by atoms with Gasteiger partial charge in [-0.25, -0.2) is 0 Å². The van der Waals surface area contributed by atoms with Gasteiger partial charge in [-0.05, 0) is 45.9 Å². The number of nitrogens with one attached hydrogen (secondary N) is 3. The Kier molecular flexibility index (Phi) is 9.04. The molecule has 4 amide bonds. The van der Waals surface area contributed by atoms with Gasteiger partial charge in [-0.2, -0.15) is 4.99 Å². The smallest absolute Gasteiger partial charge is 0.262 e. The summed E-state index contributed by atoms with van der Waals surface area (Å²) in [6.45, 7) is 9.31. The number of carbonyl (C=O) groups excluding carboxylic acids is 4. The minimum Gasteiger partial charge on any atom is -0.355 e. The summed E-state index contributed by atoms with van der Waals surface area (Å²) in [6, 6.07) is 5.73. The van der Waals surface area contributed by atoms with Crippen molar-refractivity contribution in [2.75, 3.05) is 25.0 Å². The molecule has 2 rings (SSSR count). The molecule has 9 nitrogen and oxygen atoms in total. The third-order valence-electron chi connectivity index (χ3n) is 4.63. The second kappa shape index (κ2) is 11.5. The number of hydrogen-bond donors (Lipinski definition) is 3. The van der Waals surface area contributed by atoms with Crippen LogP contribution in [0.5, 0.6) is 0 Å². The molecular weight excluding hydrogens is 418 g/mol. The van der Waals surface area contributed by atoms with Gasteiger partial charge in [-0.1, -0.05) is 17.8 Å². The molecule has 0 spiro atoms. The van der Waals surface area contributed by atoms with Gasteiger partial charge < -0.3 is 20.9 Å². The molecular formula is C21H29N5O4S. The zero-order valence-electron chi connectivity index (χ0n) is 18.2. The molecule has 0 aliphatic carbocycles. The molecule has 1 aromatic carbocycles. The minimum atomic E-state index is -0.684. The molecule has 10 heteroatoms. The molecule has 1 aliphatic rings. The normalized spacial score (nSPS) is 16.3. The highest BCUT2D eigenvalue weighted by Gasteiger charge is 2.32. The van der Waals surface area contributed by atoms with E-state index < -0.39 is 17.2 Å². The van der Waals surface area contributed by atoms with Crippen molar-refractivity contribution in [3.63, 3.8) is 0 Å². The molecule has 0 saturated carbocycles. The van der Waals surface area contributed by atoms with Crippen molar-refractivity contribution in [1.29, 1.82) is 0 Å². The number of anilines is 1. The lowest BCUT2D eigenvalue weighted by Gasteiger charge is -2.19. The largest absolute Gasteiger partial charge is 0.355 e. The van der Waals surface area contributed by atoms with E-state index in [-0.39, 0.29) is 24.1 Å². The Morgan fingerprint density at radius 3 is 2.55 bits per heavy atom. The van der Waals surface area contributed by atoms with Gasteiger partial charge in [0, 0.05) is 37.3 Å². The van der Waals surface area contributed by atoms with Crippen LogP contribution >= 0.6 is 11.8 Å². The summed E-state index contributed by atoms with van der Waals surface area (Å²) in [5.41, 5.74) is 0.746. The quantitative estimate of drug-likeness (QED) is 0.529.